The second-order valence-electron chi connectivity index (χ2n) is 10.6. The maximum absolute atomic E-state index is 14.9. The van der Waals surface area contributed by atoms with Crippen molar-refractivity contribution in [2.24, 2.45) is 0 Å². The van der Waals surface area contributed by atoms with E-state index in [1.165, 1.54) is 11.8 Å². The van der Waals surface area contributed by atoms with Crippen LogP contribution in [0.1, 0.15) is 18.9 Å². The number of benzene rings is 1. The van der Waals surface area contributed by atoms with Crippen molar-refractivity contribution in [1.82, 2.24) is 24.8 Å². The quantitative estimate of drug-likeness (QED) is 0.400. The number of hydrogen-bond donors (Lipinski definition) is 2. The Bertz CT molecular complexity index is 1490. The van der Waals surface area contributed by atoms with Crippen molar-refractivity contribution < 1.29 is 23.8 Å². The molecule has 1 aromatic carbocycles. The average Bonchev–Trinajstić information content (AvgIpc) is 3.02. The van der Waals surface area contributed by atoms with E-state index in [0.29, 0.717) is 28.9 Å². The Balaban J connectivity index is 1.28. The number of aliphatic hydroxyl groups excluding tert-OH is 1. The number of methoxy groups -OCH3 is 1. The lowest BCUT2D eigenvalue weighted by atomic mass is 10.0. The lowest BCUT2D eigenvalue weighted by Crippen LogP contribution is -2.51. The maximum Gasteiger partial charge on any atom is 0.251 e. The molecule has 3 atom stereocenters. The molecule has 1 amide bonds. The Hall–Kier alpha value is -4.54. The van der Waals surface area contributed by atoms with Gasteiger partial charge in [-0.1, -0.05) is 0 Å². The van der Waals surface area contributed by atoms with E-state index in [2.05, 4.69) is 43.2 Å². The van der Waals surface area contributed by atoms with E-state index < -0.39 is 24.3 Å². The molecule has 4 heterocycles. The fourth-order valence-electron chi connectivity index (χ4n) is 5.16. The number of carbonyl (C=O) groups is 1. The first kappa shape index (κ1) is 29.9. The molecule has 3 aromatic rings. The zero-order valence-corrected chi connectivity index (χ0v) is 24.4. The summed E-state index contributed by atoms with van der Waals surface area (Å²) in [4.78, 5) is 31.4. The van der Waals surface area contributed by atoms with Gasteiger partial charge in [0.05, 0.1) is 24.9 Å². The number of piperazine rings is 1. The third kappa shape index (κ3) is 6.93. The van der Waals surface area contributed by atoms with Gasteiger partial charge in [0.2, 0.25) is 11.8 Å². The third-order valence-corrected chi connectivity index (χ3v) is 7.60. The number of aromatic nitrogens is 3. The Labute approximate surface area is 249 Å². The Morgan fingerprint density at radius 3 is 2.65 bits per heavy atom. The minimum Gasteiger partial charge on any atom is -0.486 e. The van der Waals surface area contributed by atoms with E-state index >= 15 is 0 Å². The van der Waals surface area contributed by atoms with Gasteiger partial charge in [0, 0.05) is 50.9 Å². The van der Waals surface area contributed by atoms with Gasteiger partial charge < -0.3 is 34.6 Å². The predicted molar refractivity (Wildman–Crippen MR) is 158 cm³/mol. The number of aliphatic hydroxyl groups is 1. The van der Waals surface area contributed by atoms with Crippen molar-refractivity contribution in [2.45, 2.75) is 31.7 Å². The Morgan fingerprint density at radius 2 is 1.95 bits per heavy atom. The van der Waals surface area contributed by atoms with E-state index in [1.807, 2.05) is 12.1 Å². The summed E-state index contributed by atoms with van der Waals surface area (Å²) in [6, 6.07) is 12.7. The fraction of sp³-hybridized carbons (Fsp3) is 0.433. The molecule has 226 valence electrons. The summed E-state index contributed by atoms with van der Waals surface area (Å²) in [5.74, 6) is 1.08. The van der Waals surface area contributed by atoms with E-state index in [0.717, 1.165) is 31.9 Å². The number of ether oxygens (including phenoxy) is 2. The van der Waals surface area contributed by atoms with Crippen LogP contribution in [-0.2, 0) is 4.79 Å². The molecule has 0 spiro atoms. The molecule has 43 heavy (non-hydrogen) atoms. The highest BCUT2D eigenvalue weighted by atomic mass is 19.1. The molecule has 0 saturated carbocycles. The van der Waals surface area contributed by atoms with Gasteiger partial charge in [-0.3, -0.25) is 4.79 Å². The number of anilines is 3. The molecule has 2 aromatic heterocycles. The zero-order chi connectivity index (χ0) is 30.5. The smallest absolute Gasteiger partial charge is 0.251 e. The molecule has 0 aliphatic carbocycles. The number of likely N-dealkylation sites (N-methyl/N-ethyl adjacent to an activating group) is 1. The molecule has 0 bridgehead atoms. The molecule has 2 aliphatic heterocycles. The number of carbonyl (C=O) groups excluding carboxylic acids is 1. The van der Waals surface area contributed by atoms with Crippen LogP contribution < -0.4 is 19.7 Å². The standard InChI is InChI=1S/C30H35FN8O4/c1-19(40)29(41)39-11-9-26(22(31)18-39)43-25-6-4-20(16-21(25)17-32)23-8-10-33-30(34-23)36-27-7-5-24(28(35-27)42-3)38-14-12-37(2)13-15-38/h4-8,10,16,19,22,26,40H,9,11-15,18H2,1-3H3,(H,33,34,35,36)/t19-,22+,26-/m0/s1. The number of alkyl halides is 1. The van der Waals surface area contributed by atoms with Crippen LogP contribution in [0.5, 0.6) is 11.6 Å². The van der Waals surface area contributed by atoms with Gasteiger partial charge in [-0.15, -0.1) is 0 Å². The fourth-order valence-corrected chi connectivity index (χ4v) is 5.16. The van der Waals surface area contributed by atoms with Gasteiger partial charge >= 0.3 is 0 Å². The molecule has 0 radical (unpaired) electrons. The first-order valence-corrected chi connectivity index (χ1v) is 14.2. The highest BCUT2D eigenvalue weighted by Crippen LogP contribution is 2.31. The number of amides is 1. The van der Waals surface area contributed by atoms with E-state index in [9.17, 15) is 19.6 Å². The van der Waals surface area contributed by atoms with Crippen molar-refractivity contribution in [2.75, 3.05) is 63.6 Å². The Kier molecular flexibility index (Phi) is 9.18. The Morgan fingerprint density at radius 1 is 1.16 bits per heavy atom. The second-order valence-corrected chi connectivity index (χ2v) is 10.6. The molecule has 2 fully saturated rings. The minimum atomic E-state index is -1.46. The molecule has 2 N–H and O–H groups in total. The van der Waals surface area contributed by atoms with Crippen LogP contribution in [-0.4, -0.2) is 108 Å². The average molecular weight is 591 g/mol. The van der Waals surface area contributed by atoms with Crippen molar-refractivity contribution in [1.29, 1.82) is 5.26 Å². The number of hydrogen-bond acceptors (Lipinski definition) is 11. The largest absolute Gasteiger partial charge is 0.486 e. The first-order valence-electron chi connectivity index (χ1n) is 14.2. The van der Waals surface area contributed by atoms with Crippen LogP contribution in [0.4, 0.5) is 21.8 Å². The minimum absolute atomic E-state index is 0.176. The summed E-state index contributed by atoms with van der Waals surface area (Å²) >= 11 is 0. The van der Waals surface area contributed by atoms with Crippen LogP contribution >= 0.6 is 0 Å². The summed E-state index contributed by atoms with van der Waals surface area (Å²) in [5.41, 5.74) is 2.38. The number of nitrogens with zero attached hydrogens (tertiary/aromatic N) is 7. The molecule has 0 unspecified atom stereocenters. The molecular formula is C30H35FN8O4. The molecule has 2 aliphatic rings. The van der Waals surface area contributed by atoms with E-state index in [1.54, 1.807) is 37.6 Å². The highest BCUT2D eigenvalue weighted by molar-refractivity contribution is 5.80. The van der Waals surface area contributed by atoms with E-state index in [-0.39, 0.29) is 30.8 Å². The summed E-state index contributed by atoms with van der Waals surface area (Å²) in [6.07, 6.45) is -1.62. The van der Waals surface area contributed by atoms with Crippen molar-refractivity contribution in [3.63, 3.8) is 0 Å². The van der Waals surface area contributed by atoms with Crippen molar-refractivity contribution in [3.05, 3.63) is 48.2 Å². The topological polar surface area (TPSA) is 140 Å². The number of pyridine rings is 1. The maximum atomic E-state index is 14.9. The summed E-state index contributed by atoms with van der Waals surface area (Å²) < 4.78 is 26.3. The zero-order valence-electron chi connectivity index (χ0n) is 24.4. The van der Waals surface area contributed by atoms with Crippen LogP contribution in [0.25, 0.3) is 11.3 Å². The van der Waals surface area contributed by atoms with Gasteiger partial charge in [-0.25, -0.2) is 14.4 Å². The van der Waals surface area contributed by atoms with Crippen LogP contribution in [0, 0.1) is 11.3 Å². The predicted octanol–water partition coefficient (Wildman–Crippen LogP) is 2.61. The summed E-state index contributed by atoms with van der Waals surface area (Å²) in [7, 11) is 3.70. The monoisotopic (exact) mass is 590 g/mol. The van der Waals surface area contributed by atoms with E-state index in [4.69, 9.17) is 9.47 Å². The van der Waals surface area contributed by atoms with Crippen molar-refractivity contribution >= 4 is 23.4 Å². The SMILES string of the molecule is COc1nc(Nc2nccc(-c3ccc(O[C@H]4CCN(C(=O)[C@H](C)O)C[C@H]4F)c(C#N)c3)n2)ccc1N1CCN(C)CC1. The highest BCUT2D eigenvalue weighted by Gasteiger charge is 2.34. The van der Waals surface area contributed by atoms with Gasteiger partial charge in [0.25, 0.3) is 5.91 Å². The molecule has 13 heteroatoms. The second kappa shape index (κ2) is 13.2. The van der Waals surface area contributed by atoms with Gasteiger partial charge in [-0.05, 0) is 50.4 Å². The third-order valence-electron chi connectivity index (χ3n) is 7.60. The molecule has 2 saturated heterocycles. The van der Waals surface area contributed by atoms with Gasteiger partial charge in [-0.2, -0.15) is 10.2 Å². The lowest BCUT2D eigenvalue weighted by Gasteiger charge is -2.35. The number of likely N-dealkylation sites (tertiary alicyclic amines) is 1. The number of rotatable bonds is 8. The van der Waals surface area contributed by atoms with Gasteiger partial charge in [0.1, 0.15) is 35.5 Å². The lowest BCUT2D eigenvalue weighted by molar-refractivity contribution is -0.143. The number of nitriles is 1. The number of nitrogens with one attached hydrogen (secondary N) is 1. The van der Waals surface area contributed by atoms with Crippen LogP contribution in [0.2, 0.25) is 0 Å². The summed E-state index contributed by atoms with van der Waals surface area (Å²) in [5, 5.41) is 22.5. The molecular weight excluding hydrogens is 555 g/mol. The molecule has 5 rings (SSSR count). The first-order chi connectivity index (χ1) is 20.7. The van der Waals surface area contributed by atoms with Crippen molar-refractivity contribution in [3.8, 4) is 29.0 Å². The number of halogens is 1. The van der Waals surface area contributed by atoms with Crippen LogP contribution in [0.3, 0.4) is 0 Å². The summed E-state index contributed by atoms with van der Waals surface area (Å²) in [6.45, 7) is 5.14. The normalized spacial score (nSPS) is 19.8. The van der Waals surface area contributed by atoms with Gasteiger partial charge in [0.15, 0.2) is 6.17 Å². The molecule has 12 nitrogen and oxygen atoms in total. The number of piperidine rings is 1. The van der Waals surface area contributed by atoms with Crippen LogP contribution in [0.15, 0.2) is 42.6 Å².